The van der Waals surface area contributed by atoms with Crippen molar-refractivity contribution in [2.24, 2.45) is 0 Å². The van der Waals surface area contributed by atoms with Crippen molar-refractivity contribution < 1.29 is 14.3 Å². The predicted molar refractivity (Wildman–Crippen MR) is 125 cm³/mol. The second kappa shape index (κ2) is 8.70. The van der Waals surface area contributed by atoms with Crippen LogP contribution in [-0.4, -0.2) is 32.8 Å². The van der Waals surface area contributed by atoms with E-state index in [1.807, 2.05) is 60.7 Å². The van der Waals surface area contributed by atoms with E-state index in [1.165, 1.54) is 6.20 Å². The van der Waals surface area contributed by atoms with Gasteiger partial charge in [-0.25, -0.2) is 4.98 Å². The number of nitrogens with zero attached hydrogens (tertiary/aromatic N) is 3. The van der Waals surface area contributed by atoms with Crippen molar-refractivity contribution in [2.75, 3.05) is 5.32 Å². The van der Waals surface area contributed by atoms with Gasteiger partial charge in [-0.3, -0.25) is 14.6 Å². The summed E-state index contributed by atoms with van der Waals surface area (Å²) in [5.41, 5.74) is 4.08. The second-order valence-electron chi connectivity index (χ2n) is 7.96. The zero-order chi connectivity index (χ0) is 22.8. The van der Waals surface area contributed by atoms with Crippen LogP contribution in [0.1, 0.15) is 28.5 Å². The lowest BCUT2D eigenvalue weighted by Gasteiger charge is -2.22. The van der Waals surface area contributed by atoms with Crippen LogP contribution < -0.4 is 10.1 Å². The van der Waals surface area contributed by atoms with Crippen molar-refractivity contribution in [3.8, 4) is 5.75 Å². The highest BCUT2D eigenvalue weighted by atomic mass is 16.5. The van der Waals surface area contributed by atoms with Gasteiger partial charge >= 0.3 is 0 Å². The number of para-hydroxylation sites is 2. The van der Waals surface area contributed by atoms with Crippen LogP contribution in [-0.2, 0) is 17.9 Å². The summed E-state index contributed by atoms with van der Waals surface area (Å²) in [7, 11) is 0. The molecule has 2 heterocycles. The molecular weight excluding hydrogens is 416 g/mol. The Hall–Kier alpha value is -4.26. The van der Waals surface area contributed by atoms with Crippen molar-refractivity contribution in [3.63, 3.8) is 0 Å². The van der Waals surface area contributed by atoms with E-state index in [9.17, 15) is 9.59 Å². The minimum Gasteiger partial charge on any atom is -0.481 e. The van der Waals surface area contributed by atoms with Crippen LogP contribution in [0.2, 0.25) is 0 Å². The van der Waals surface area contributed by atoms with Gasteiger partial charge in [-0.15, -0.1) is 0 Å². The molecule has 1 aliphatic heterocycles. The summed E-state index contributed by atoms with van der Waals surface area (Å²) in [6, 6.07) is 22.6. The number of ether oxygens (including phenoxy) is 1. The predicted octanol–water partition coefficient (Wildman–Crippen LogP) is 4.19. The maximum Gasteiger partial charge on any atom is 0.275 e. The Balaban J connectivity index is 1.38. The molecule has 1 N–H and O–H groups in total. The molecule has 7 nitrogen and oxygen atoms in total. The maximum absolute atomic E-state index is 12.9. The largest absolute Gasteiger partial charge is 0.481 e. The summed E-state index contributed by atoms with van der Waals surface area (Å²) in [6.07, 6.45) is 0.870. The molecule has 0 radical (unpaired) electrons. The van der Waals surface area contributed by atoms with Crippen molar-refractivity contribution in [2.45, 2.75) is 26.1 Å². The van der Waals surface area contributed by atoms with E-state index < -0.39 is 6.10 Å². The lowest BCUT2D eigenvalue weighted by Crippen LogP contribution is -2.37. The van der Waals surface area contributed by atoms with Crippen LogP contribution in [0.15, 0.2) is 79.0 Å². The standard InChI is InChI=1S/C26H22N4O3/c1-17-26(32)30(15-18-7-3-2-4-8-18)16-19-13-20(11-12-24(19)33-17)28-25(31)23-14-27-21-9-5-6-10-22(21)29-23/h2-14,17H,15-16H2,1H3,(H,28,31)/t17-/m1/s1. The number of amides is 2. The van der Waals surface area contributed by atoms with Crippen molar-refractivity contribution in [1.82, 2.24) is 14.9 Å². The molecule has 0 unspecified atom stereocenters. The molecule has 0 fully saturated rings. The fraction of sp³-hybridized carbons (Fsp3) is 0.154. The third-order valence-electron chi connectivity index (χ3n) is 5.54. The van der Waals surface area contributed by atoms with Gasteiger partial charge in [0, 0.05) is 24.3 Å². The van der Waals surface area contributed by atoms with Crippen LogP contribution >= 0.6 is 0 Å². The van der Waals surface area contributed by atoms with Gasteiger partial charge in [0.05, 0.1) is 17.2 Å². The van der Waals surface area contributed by atoms with E-state index in [4.69, 9.17) is 4.74 Å². The fourth-order valence-electron chi connectivity index (χ4n) is 3.88. The highest BCUT2D eigenvalue weighted by Gasteiger charge is 2.28. The van der Waals surface area contributed by atoms with Gasteiger partial charge in [-0.2, -0.15) is 0 Å². The average molecular weight is 438 g/mol. The van der Waals surface area contributed by atoms with Crippen molar-refractivity contribution in [1.29, 1.82) is 0 Å². The summed E-state index contributed by atoms with van der Waals surface area (Å²) in [4.78, 5) is 36.2. The monoisotopic (exact) mass is 438 g/mol. The molecule has 1 aliphatic rings. The van der Waals surface area contributed by atoms with Gasteiger partial charge in [0.25, 0.3) is 11.8 Å². The first-order valence-electron chi connectivity index (χ1n) is 10.7. The Bertz CT molecular complexity index is 1340. The zero-order valence-corrected chi connectivity index (χ0v) is 18.1. The van der Waals surface area contributed by atoms with E-state index in [2.05, 4.69) is 15.3 Å². The average Bonchev–Trinajstić information content (AvgIpc) is 2.95. The molecule has 164 valence electrons. The Morgan fingerprint density at radius 3 is 2.64 bits per heavy atom. The molecule has 33 heavy (non-hydrogen) atoms. The number of fused-ring (bicyclic) bond motifs is 2. The lowest BCUT2D eigenvalue weighted by molar-refractivity contribution is -0.138. The molecule has 0 aliphatic carbocycles. The van der Waals surface area contributed by atoms with Crippen molar-refractivity contribution in [3.05, 3.63) is 95.8 Å². The van der Waals surface area contributed by atoms with E-state index in [0.717, 1.165) is 16.6 Å². The molecule has 7 heteroatoms. The Morgan fingerprint density at radius 2 is 1.82 bits per heavy atom. The van der Waals surface area contributed by atoms with Crippen LogP contribution in [0.4, 0.5) is 5.69 Å². The highest BCUT2D eigenvalue weighted by Crippen LogP contribution is 2.29. The van der Waals surface area contributed by atoms with Crippen LogP contribution in [0.5, 0.6) is 5.75 Å². The van der Waals surface area contributed by atoms with Gasteiger partial charge in [-0.05, 0) is 42.8 Å². The maximum atomic E-state index is 12.9. The lowest BCUT2D eigenvalue weighted by atomic mass is 10.1. The van der Waals surface area contributed by atoms with E-state index in [0.29, 0.717) is 30.0 Å². The number of carbonyl (C=O) groups excluding carboxylic acids is 2. The summed E-state index contributed by atoms with van der Waals surface area (Å²) < 4.78 is 5.90. The first kappa shape index (κ1) is 20.6. The van der Waals surface area contributed by atoms with E-state index in [-0.39, 0.29) is 17.5 Å². The number of carbonyl (C=O) groups is 2. The van der Waals surface area contributed by atoms with Crippen LogP contribution in [0, 0.1) is 0 Å². The number of nitrogens with one attached hydrogen (secondary N) is 1. The number of anilines is 1. The minimum absolute atomic E-state index is 0.0768. The molecule has 0 spiro atoms. The summed E-state index contributed by atoms with van der Waals surface area (Å²) in [5, 5.41) is 2.88. The molecule has 5 rings (SSSR count). The summed E-state index contributed by atoms with van der Waals surface area (Å²) in [5.74, 6) is 0.204. The van der Waals surface area contributed by atoms with E-state index >= 15 is 0 Å². The molecule has 1 atom stereocenters. The summed E-state index contributed by atoms with van der Waals surface area (Å²) in [6.45, 7) is 2.62. The molecule has 4 aromatic rings. The molecule has 1 aromatic heterocycles. The number of hydrogen-bond acceptors (Lipinski definition) is 5. The number of aromatic nitrogens is 2. The smallest absolute Gasteiger partial charge is 0.275 e. The fourth-order valence-corrected chi connectivity index (χ4v) is 3.88. The third kappa shape index (κ3) is 4.39. The zero-order valence-electron chi connectivity index (χ0n) is 18.1. The quantitative estimate of drug-likeness (QED) is 0.516. The first-order valence-corrected chi connectivity index (χ1v) is 10.7. The van der Waals surface area contributed by atoms with Gasteiger partial charge in [-0.1, -0.05) is 42.5 Å². The number of rotatable bonds is 4. The normalized spacial score (nSPS) is 15.5. The van der Waals surface area contributed by atoms with Gasteiger partial charge in [0.2, 0.25) is 0 Å². The minimum atomic E-state index is -0.594. The van der Waals surface area contributed by atoms with E-state index in [1.54, 1.807) is 24.0 Å². The molecule has 0 saturated heterocycles. The Kier molecular flexibility index (Phi) is 5.44. The summed E-state index contributed by atoms with van der Waals surface area (Å²) >= 11 is 0. The first-order chi connectivity index (χ1) is 16.1. The number of benzene rings is 3. The van der Waals surface area contributed by atoms with Gasteiger partial charge in [0.15, 0.2) is 6.10 Å². The van der Waals surface area contributed by atoms with Gasteiger partial charge in [0.1, 0.15) is 11.4 Å². The molecule has 0 bridgehead atoms. The second-order valence-corrected chi connectivity index (χ2v) is 7.96. The highest BCUT2D eigenvalue weighted by molar-refractivity contribution is 6.03. The van der Waals surface area contributed by atoms with Crippen LogP contribution in [0.3, 0.4) is 0 Å². The number of hydrogen-bond donors (Lipinski definition) is 1. The van der Waals surface area contributed by atoms with Crippen LogP contribution in [0.25, 0.3) is 11.0 Å². The molecule has 0 saturated carbocycles. The molecule has 3 aromatic carbocycles. The van der Waals surface area contributed by atoms with Gasteiger partial charge < -0.3 is 15.0 Å². The van der Waals surface area contributed by atoms with Crippen molar-refractivity contribution >= 4 is 28.5 Å². The topological polar surface area (TPSA) is 84.4 Å². The molecular formula is C26H22N4O3. The third-order valence-corrected chi connectivity index (χ3v) is 5.54. The Morgan fingerprint density at radius 1 is 1.06 bits per heavy atom. The Labute approximate surface area is 191 Å². The molecule has 2 amide bonds. The SMILES string of the molecule is C[C@H]1Oc2ccc(NC(=O)c3cnc4ccccc4n3)cc2CN(Cc2ccccc2)C1=O.